The van der Waals surface area contributed by atoms with E-state index in [0.29, 0.717) is 5.01 Å². The smallest absolute Gasteiger partial charge is 0.136 e. The van der Waals surface area contributed by atoms with Crippen LogP contribution < -0.4 is 0 Å². The van der Waals surface area contributed by atoms with Crippen LogP contribution in [0.1, 0.15) is 16.8 Å². The zero-order valence-electron chi connectivity index (χ0n) is 6.53. The fourth-order valence-corrected chi connectivity index (χ4v) is 1.47. The maximum Gasteiger partial charge on any atom is 0.136 e. The zero-order chi connectivity index (χ0) is 8.48. The van der Waals surface area contributed by atoms with E-state index in [9.17, 15) is 5.11 Å². The molecule has 0 radical (unpaired) electrons. The third-order valence-corrected chi connectivity index (χ3v) is 2.56. The molecule has 4 heteroatoms. The number of aliphatic hydroxyl groups excluding tert-OH is 1. The molecular formula is C7H11NO2S. The van der Waals surface area contributed by atoms with Crippen LogP contribution in [-0.4, -0.2) is 21.8 Å². The van der Waals surface area contributed by atoms with Crippen LogP contribution in [0.3, 0.4) is 0 Å². The Labute approximate surface area is 69.3 Å². The molecule has 1 rings (SSSR count). The van der Waals surface area contributed by atoms with Crippen LogP contribution in [0.4, 0.5) is 0 Å². The van der Waals surface area contributed by atoms with E-state index >= 15 is 0 Å². The Morgan fingerprint density at radius 2 is 2.36 bits per heavy atom. The highest BCUT2D eigenvalue weighted by Gasteiger charge is 2.24. The molecule has 0 aromatic carbocycles. The topological polar surface area (TPSA) is 53.4 Å². The van der Waals surface area contributed by atoms with Gasteiger partial charge >= 0.3 is 0 Å². The van der Waals surface area contributed by atoms with Gasteiger partial charge in [0.1, 0.15) is 10.6 Å². The van der Waals surface area contributed by atoms with Gasteiger partial charge in [0, 0.05) is 11.1 Å². The minimum atomic E-state index is -1.18. The first kappa shape index (κ1) is 8.64. The number of aryl methyl sites for hydroxylation is 1. The van der Waals surface area contributed by atoms with Gasteiger partial charge in [0.25, 0.3) is 0 Å². The lowest BCUT2D eigenvalue weighted by molar-refractivity contribution is -0.00244. The van der Waals surface area contributed by atoms with E-state index in [0.717, 1.165) is 4.88 Å². The summed E-state index contributed by atoms with van der Waals surface area (Å²) in [6, 6.07) is 0. The van der Waals surface area contributed by atoms with Crippen LogP contribution in [0.2, 0.25) is 0 Å². The summed E-state index contributed by atoms with van der Waals surface area (Å²) in [6.45, 7) is 3.17. The van der Waals surface area contributed by atoms with Crippen molar-refractivity contribution in [2.45, 2.75) is 19.4 Å². The number of hydrogen-bond donors (Lipinski definition) is 2. The number of aliphatic hydroxyl groups is 2. The average molecular weight is 173 g/mol. The van der Waals surface area contributed by atoms with Gasteiger partial charge in [-0.15, -0.1) is 11.3 Å². The third kappa shape index (κ3) is 1.77. The third-order valence-electron chi connectivity index (χ3n) is 1.39. The van der Waals surface area contributed by atoms with E-state index in [1.165, 1.54) is 11.3 Å². The number of hydrogen-bond acceptors (Lipinski definition) is 4. The average Bonchev–Trinajstić information content (AvgIpc) is 2.36. The number of rotatable bonds is 2. The lowest BCUT2D eigenvalue weighted by Crippen LogP contribution is -2.25. The van der Waals surface area contributed by atoms with Gasteiger partial charge < -0.3 is 10.2 Å². The standard InChI is InChI=1S/C7H11NO2S/c1-5-3-8-6(11-5)7(2,10)4-9/h3,9-10H,4H2,1-2H3. The van der Waals surface area contributed by atoms with Gasteiger partial charge in [-0.2, -0.15) is 0 Å². The van der Waals surface area contributed by atoms with Crippen molar-refractivity contribution in [3.05, 3.63) is 16.1 Å². The van der Waals surface area contributed by atoms with Gasteiger partial charge in [-0.25, -0.2) is 4.98 Å². The van der Waals surface area contributed by atoms with Crippen molar-refractivity contribution in [3.8, 4) is 0 Å². The van der Waals surface area contributed by atoms with Gasteiger partial charge in [-0.05, 0) is 13.8 Å². The highest BCUT2D eigenvalue weighted by atomic mass is 32.1. The predicted molar refractivity (Wildman–Crippen MR) is 43.5 cm³/mol. The van der Waals surface area contributed by atoms with Gasteiger partial charge in [0.15, 0.2) is 0 Å². The first-order valence-corrected chi connectivity index (χ1v) is 4.14. The molecule has 0 saturated heterocycles. The predicted octanol–water partition coefficient (Wildman–Crippen LogP) is 0.651. The van der Waals surface area contributed by atoms with E-state index in [-0.39, 0.29) is 6.61 Å². The first-order valence-electron chi connectivity index (χ1n) is 3.32. The van der Waals surface area contributed by atoms with Crippen molar-refractivity contribution in [2.75, 3.05) is 6.61 Å². The van der Waals surface area contributed by atoms with E-state index in [4.69, 9.17) is 5.11 Å². The molecule has 0 saturated carbocycles. The molecule has 2 N–H and O–H groups in total. The number of thiazole rings is 1. The van der Waals surface area contributed by atoms with Crippen molar-refractivity contribution < 1.29 is 10.2 Å². The Morgan fingerprint density at radius 1 is 1.73 bits per heavy atom. The first-order chi connectivity index (χ1) is 5.06. The second kappa shape index (κ2) is 2.89. The van der Waals surface area contributed by atoms with Gasteiger partial charge in [-0.3, -0.25) is 0 Å². The van der Waals surface area contributed by atoms with Crippen LogP contribution in [0.5, 0.6) is 0 Å². The second-order valence-electron chi connectivity index (χ2n) is 2.71. The van der Waals surface area contributed by atoms with Crippen molar-refractivity contribution >= 4 is 11.3 Å². The molecule has 11 heavy (non-hydrogen) atoms. The fourth-order valence-electron chi connectivity index (χ4n) is 0.671. The molecule has 1 unspecified atom stereocenters. The summed E-state index contributed by atoms with van der Waals surface area (Å²) in [6.07, 6.45) is 1.68. The van der Waals surface area contributed by atoms with Crippen molar-refractivity contribution in [2.24, 2.45) is 0 Å². The molecule has 0 spiro atoms. The Kier molecular flexibility index (Phi) is 2.27. The zero-order valence-corrected chi connectivity index (χ0v) is 7.35. The minimum absolute atomic E-state index is 0.292. The summed E-state index contributed by atoms with van der Waals surface area (Å²) in [5.74, 6) is 0. The summed E-state index contributed by atoms with van der Waals surface area (Å²) in [5.41, 5.74) is -1.18. The molecule has 1 heterocycles. The molecular weight excluding hydrogens is 162 g/mol. The Balaban J connectivity index is 2.92. The minimum Gasteiger partial charge on any atom is -0.393 e. The van der Waals surface area contributed by atoms with Crippen LogP contribution in [0.25, 0.3) is 0 Å². The number of aromatic nitrogens is 1. The Bertz CT molecular complexity index is 244. The van der Waals surface area contributed by atoms with Crippen LogP contribution in [0, 0.1) is 6.92 Å². The summed E-state index contributed by atoms with van der Waals surface area (Å²) in [5, 5.41) is 18.8. The summed E-state index contributed by atoms with van der Waals surface area (Å²) in [4.78, 5) is 5.00. The van der Waals surface area contributed by atoms with Gasteiger partial charge in [0.05, 0.1) is 6.61 Å². The lowest BCUT2D eigenvalue weighted by atomic mass is 10.1. The van der Waals surface area contributed by atoms with Crippen LogP contribution >= 0.6 is 11.3 Å². The largest absolute Gasteiger partial charge is 0.393 e. The van der Waals surface area contributed by atoms with Crippen molar-refractivity contribution in [1.82, 2.24) is 4.98 Å². The Hall–Kier alpha value is -0.450. The van der Waals surface area contributed by atoms with Crippen molar-refractivity contribution in [1.29, 1.82) is 0 Å². The van der Waals surface area contributed by atoms with E-state index in [1.54, 1.807) is 13.1 Å². The van der Waals surface area contributed by atoms with Gasteiger partial charge in [-0.1, -0.05) is 0 Å². The molecule has 0 fully saturated rings. The molecule has 1 aromatic heterocycles. The molecule has 62 valence electrons. The Morgan fingerprint density at radius 3 is 2.73 bits per heavy atom. The highest BCUT2D eigenvalue weighted by molar-refractivity contribution is 7.11. The summed E-state index contributed by atoms with van der Waals surface area (Å²) >= 11 is 1.40. The highest BCUT2D eigenvalue weighted by Crippen LogP contribution is 2.24. The second-order valence-corrected chi connectivity index (χ2v) is 3.94. The lowest BCUT2D eigenvalue weighted by Gasteiger charge is -2.16. The molecule has 0 aliphatic rings. The molecule has 0 aliphatic heterocycles. The molecule has 0 amide bonds. The molecule has 3 nitrogen and oxygen atoms in total. The van der Waals surface area contributed by atoms with Crippen LogP contribution in [-0.2, 0) is 5.60 Å². The molecule has 1 aromatic rings. The summed E-state index contributed by atoms with van der Waals surface area (Å²) < 4.78 is 0. The van der Waals surface area contributed by atoms with E-state index in [1.807, 2.05) is 6.92 Å². The molecule has 1 atom stereocenters. The summed E-state index contributed by atoms with van der Waals surface area (Å²) in [7, 11) is 0. The van der Waals surface area contributed by atoms with Crippen molar-refractivity contribution in [3.63, 3.8) is 0 Å². The van der Waals surface area contributed by atoms with E-state index < -0.39 is 5.60 Å². The maximum absolute atomic E-state index is 9.51. The quantitative estimate of drug-likeness (QED) is 0.690. The normalized spacial score (nSPS) is 16.4. The SMILES string of the molecule is Cc1cnc(C(C)(O)CO)s1. The van der Waals surface area contributed by atoms with Crippen LogP contribution in [0.15, 0.2) is 6.20 Å². The molecule has 0 aliphatic carbocycles. The fraction of sp³-hybridized carbons (Fsp3) is 0.571. The number of nitrogens with zero attached hydrogens (tertiary/aromatic N) is 1. The van der Waals surface area contributed by atoms with E-state index in [2.05, 4.69) is 4.98 Å². The monoisotopic (exact) mass is 173 g/mol. The maximum atomic E-state index is 9.51. The molecule has 0 bridgehead atoms. The van der Waals surface area contributed by atoms with Gasteiger partial charge in [0.2, 0.25) is 0 Å².